The number of hydrogen-bond acceptors (Lipinski definition) is 5. The second-order valence-electron chi connectivity index (χ2n) is 4.28. The Kier molecular flexibility index (Phi) is 2.32. The van der Waals surface area contributed by atoms with Crippen LogP contribution in [0.5, 0.6) is 0 Å². The molecule has 3 rings (SSSR count). The summed E-state index contributed by atoms with van der Waals surface area (Å²) in [5, 5.41) is 11.3. The molecule has 1 aliphatic rings. The van der Waals surface area contributed by atoms with E-state index < -0.39 is 0 Å². The van der Waals surface area contributed by atoms with Crippen LogP contribution in [0.3, 0.4) is 0 Å². The lowest BCUT2D eigenvalue weighted by Gasteiger charge is -1.98. The van der Waals surface area contributed by atoms with Crippen LogP contribution in [0, 0.1) is 5.92 Å². The Hall–Kier alpha value is -1.89. The van der Waals surface area contributed by atoms with Crippen LogP contribution >= 0.6 is 0 Å². The number of aliphatic hydroxyl groups is 1. The van der Waals surface area contributed by atoms with Crippen molar-refractivity contribution in [2.75, 3.05) is 12.0 Å². The van der Waals surface area contributed by atoms with Crippen molar-refractivity contribution < 1.29 is 5.11 Å². The molecule has 4 N–H and O–H groups in total. The number of nitrogens with one attached hydrogen (secondary N) is 3. The number of aromatic amines is 2. The Morgan fingerprint density at radius 1 is 1.35 bits per heavy atom. The van der Waals surface area contributed by atoms with Crippen molar-refractivity contribution in [3.63, 3.8) is 0 Å². The quantitative estimate of drug-likeness (QED) is 0.556. The van der Waals surface area contributed by atoms with Gasteiger partial charge >= 0.3 is 0 Å². The van der Waals surface area contributed by atoms with Crippen molar-refractivity contribution in [3.05, 3.63) is 16.2 Å². The lowest BCUT2D eigenvalue weighted by Crippen LogP contribution is -2.13. The Morgan fingerprint density at radius 2 is 2.18 bits per heavy atom. The first-order valence-electron chi connectivity index (χ1n) is 5.60. The molecule has 0 saturated heterocycles. The molecule has 2 aromatic rings. The highest BCUT2D eigenvalue weighted by atomic mass is 16.3. The van der Waals surface area contributed by atoms with Crippen LogP contribution in [0.25, 0.3) is 11.2 Å². The molecule has 7 nitrogen and oxygen atoms in total. The molecule has 0 aromatic carbocycles. The van der Waals surface area contributed by atoms with Gasteiger partial charge in [0.05, 0.1) is 0 Å². The number of nitrogens with zero attached hydrogens (tertiary/aromatic N) is 2. The number of anilines is 1. The molecular weight excluding hydrogens is 222 g/mol. The van der Waals surface area contributed by atoms with E-state index in [9.17, 15) is 4.79 Å². The summed E-state index contributed by atoms with van der Waals surface area (Å²) in [5.41, 5.74) is 0.505. The summed E-state index contributed by atoms with van der Waals surface area (Å²) in [6, 6.07) is 0. The minimum atomic E-state index is -0.284. The maximum Gasteiger partial charge on any atom is 0.278 e. The number of rotatable bonds is 4. The number of hydrogen-bond donors (Lipinski definition) is 4. The van der Waals surface area contributed by atoms with Crippen molar-refractivity contribution >= 4 is 17.1 Å². The summed E-state index contributed by atoms with van der Waals surface area (Å²) in [5.74, 6) is 1.74. The normalized spacial score (nSPS) is 15.4. The van der Waals surface area contributed by atoms with Gasteiger partial charge in [0.2, 0.25) is 5.95 Å². The van der Waals surface area contributed by atoms with Gasteiger partial charge in [-0.1, -0.05) is 0 Å². The summed E-state index contributed by atoms with van der Waals surface area (Å²) in [6.45, 7) is -0.284. The molecule has 17 heavy (non-hydrogen) atoms. The second-order valence-corrected chi connectivity index (χ2v) is 4.28. The van der Waals surface area contributed by atoms with Gasteiger partial charge in [-0.15, -0.1) is 0 Å². The standard InChI is InChI=1S/C10H13N5O2/c16-4-11-10-14-8-7(9(17)15-10)12-6(13-8)3-5-1-2-5/h5,16H,1-4H2,(H3,11,12,13,14,15,17). The van der Waals surface area contributed by atoms with E-state index >= 15 is 0 Å². The van der Waals surface area contributed by atoms with Crippen LogP contribution in [0.1, 0.15) is 18.7 Å². The summed E-state index contributed by atoms with van der Waals surface area (Å²) >= 11 is 0. The summed E-state index contributed by atoms with van der Waals surface area (Å²) in [7, 11) is 0. The van der Waals surface area contributed by atoms with Gasteiger partial charge in [0.1, 0.15) is 12.6 Å². The third-order valence-electron chi connectivity index (χ3n) is 2.84. The van der Waals surface area contributed by atoms with Gasteiger partial charge in [0, 0.05) is 6.42 Å². The van der Waals surface area contributed by atoms with Crippen molar-refractivity contribution in [3.8, 4) is 0 Å². The van der Waals surface area contributed by atoms with Gasteiger partial charge in [0.25, 0.3) is 5.56 Å². The number of aliphatic hydroxyl groups excluding tert-OH is 1. The molecule has 90 valence electrons. The first-order valence-corrected chi connectivity index (χ1v) is 5.60. The van der Waals surface area contributed by atoms with Crippen LogP contribution in [-0.4, -0.2) is 31.8 Å². The minimum absolute atomic E-state index is 0.231. The van der Waals surface area contributed by atoms with Gasteiger partial charge in [-0.25, -0.2) is 4.98 Å². The van der Waals surface area contributed by atoms with Crippen LogP contribution in [-0.2, 0) is 6.42 Å². The van der Waals surface area contributed by atoms with Crippen LogP contribution in [0.2, 0.25) is 0 Å². The van der Waals surface area contributed by atoms with Crippen molar-refractivity contribution in [2.24, 2.45) is 5.92 Å². The molecule has 0 radical (unpaired) electrons. The molecule has 2 aromatic heterocycles. The van der Waals surface area contributed by atoms with Gasteiger partial charge in [-0.3, -0.25) is 9.78 Å². The highest BCUT2D eigenvalue weighted by molar-refractivity contribution is 5.70. The van der Waals surface area contributed by atoms with E-state index in [0.29, 0.717) is 17.1 Å². The SMILES string of the molecule is O=c1[nH]c(NCO)nc2nc(CC3CC3)[nH]c12. The molecule has 0 amide bonds. The zero-order valence-electron chi connectivity index (χ0n) is 9.16. The lowest BCUT2D eigenvalue weighted by atomic mass is 10.3. The molecule has 0 spiro atoms. The van der Waals surface area contributed by atoms with E-state index in [0.717, 1.165) is 12.2 Å². The number of H-pyrrole nitrogens is 2. The minimum Gasteiger partial charge on any atom is -0.376 e. The molecule has 0 bridgehead atoms. The van der Waals surface area contributed by atoms with E-state index in [1.807, 2.05) is 0 Å². The predicted octanol–water partition coefficient (Wildman–Crippen LogP) is -0.0396. The molecule has 2 heterocycles. The first kappa shape index (κ1) is 10.3. The fourth-order valence-corrected chi connectivity index (χ4v) is 1.81. The molecule has 1 saturated carbocycles. The molecule has 0 aliphatic heterocycles. The van der Waals surface area contributed by atoms with Crippen molar-refractivity contribution in [1.29, 1.82) is 0 Å². The molecular formula is C10H13N5O2. The predicted molar refractivity (Wildman–Crippen MR) is 61.6 cm³/mol. The highest BCUT2D eigenvalue weighted by Crippen LogP contribution is 2.31. The van der Waals surface area contributed by atoms with E-state index in [1.165, 1.54) is 12.8 Å². The van der Waals surface area contributed by atoms with Crippen LogP contribution in [0.15, 0.2) is 4.79 Å². The van der Waals surface area contributed by atoms with Crippen molar-refractivity contribution in [1.82, 2.24) is 19.9 Å². The Labute approximate surface area is 96.3 Å². The van der Waals surface area contributed by atoms with Gasteiger partial charge in [0.15, 0.2) is 11.2 Å². The lowest BCUT2D eigenvalue weighted by molar-refractivity contribution is 0.324. The summed E-state index contributed by atoms with van der Waals surface area (Å²) < 4.78 is 0. The maximum absolute atomic E-state index is 11.7. The van der Waals surface area contributed by atoms with Gasteiger partial charge in [-0.2, -0.15) is 4.98 Å². The molecule has 1 fully saturated rings. The topological polar surface area (TPSA) is 107 Å². The highest BCUT2D eigenvalue weighted by Gasteiger charge is 2.23. The monoisotopic (exact) mass is 235 g/mol. The smallest absolute Gasteiger partial charge is 0.278 e. The molecule has 7 heteroatoms. The summed E-state index contributed by atoms with van der Waals surface area (Å²) in [4.78, 5) is 25.6. The number of imidazole rings is 1. The van der Waals surface area contributed by atoms with E-state index in [4.69, 9.17) is 5.11 Å². The van der Waals surface area contributed by atoms with E-state index in [-0.39, 0.29) is 18.2 Å². The second kappa shape index (κ2) is 3.85. The van der Waals surface area contributed by atoms with Gasteiger partial charge in [-0.05, 0) is 18.8 Å². The first-order chi connectivity index (χ1) is 8.26. The molecule has 1 aliphatic carbocycles. The third kappa shape index (κ3) is 2.01. The Morgan fingerprint density at radius 3 is 2.88 bits per heavy atom. The zero-order chi connectivity index (χ0) is 11.8. The average Bonchev–Trinajstić information content (AvgIpc) is 2.98. The van der Waals surface area contributed by atoms with Crippen LogP contribution < -0.4 is 10.9 Å². The summed E-state index contributed by atoms with van der Waals surface area (Å²) in [6.07, 6.45) is 3.34. The number of aromatic nitrogens is 4. The third-order valence-corrected chi connectivity index (χ3v) is 2.84. The maximum atomic E-state index is 11.7. The largest absolute Gasteiger partial charge is 0.376 e. The fraction of sp³-hybridized carbons (Fsp3) is 0.500. The van der Waals surface area contributed by atoms with E-state index in [2.05, 4.69) is 25.3 Å². The fourth-order valence-electron chi connectivity index (χ4n) is 1.81. The van der Waals surface area contributed by atoms with Crippen molar-refractivity contribution in [2.45, 2.75) is 19.3 Å². The number of fused-ring (bicyclic) bond motifs is 1. The Balaban J connectivity index is 2.01. The van der Waals surface area contributed by atoms with E-state index in [1.54, 1.807) is 0 Å². The van der Waals surface area contributed by atoms with Crippen LogP contribution in [0.4, 0.5) is 5.95 Å². The van der Waals surface area contributed by atoms with Gasteiger partial charge < -0.3 is 15.4 Å². The Bertz CT molecular complexity index is 598. The average molecular weight is 235 g/mol. The zero-order valence-corrected chi connectivity index (χ0v) is 9.16. The molecule has 0 atom stereocenters. The molecule has 0 unspecified atom stereocenters.